The van der Waals surface area contributed by atoms with E-state index in [1.807, 2.05) is 12.1 Å². The van der Waals surface area contributed by atoms with Gasteiger partial charge in [0.25, 0.3) is 0 Å². The van der Waals surface area contributed by atoms with Gasteiger partial charge in [-0.25, -0.2) is 4.39 Å². The molecule has 0 saturated carbocycles. The van der Waals surface area contributed by atoms with E-state index in [0.29, 0.717) is 11.5 Å². The van der Waals surface area contributed by atoms with E-state index in [1.165, 1.54) is 11.6 Å². The van der Waals surface area contributed by atoms with Gasteiger partial charge in [-0.1, -0.05) is 50.2 Å². The zero-order valence-electron chi connectivity index (χ0n) is 12.2. The van der Waals surface area contributed by atoms with Crippen LogP contribution >= 0.6 is 0 Å². The topological polar surface area (TPSA) is 20.2 Å². The predicted octanol–water partition coefficient (Wildman–Crippen LogP) is 4.73. The van der Waals surface area contributed by atoms with Gasteiger partial charge in [-0.2, -0.15) is 0 Å². The maximum atomic E-state index is 13.3. The smallest absolute Gasteiger partial charge is 0.126 e. The van der Waals surface area contributed by atoms with Gasteiger partial charge in [0.2, 0.25) is 0 Å². The molecular weight excluding hydrogens is 251 g/mol. The van der Waals surface area contributed by atoms with Gasteiger partial charge in [-0.15, -0.1) is 0 Å². The van der Waals surface area contributed by atoms with E-state index in [1.54, 1.807) is 19.1 Å². The van der Waals surface area contributed by atoms with E-state index >= 15 is 0 Å². The van der Waals surface area contributed by atoms with Gasteiger partial charge >= 0.3 is 0 Å². The number of aryl methyl sites for hydroxylation is 1. The van der Waals surface area contributed by atoms with E-state index in [4.69, 9.17) is 0 Å². The van der Waals surface area contributed by atoms with Gasteiger partial charge in [0.15, 0.2) is 0 Å². The molecule has 0 saturated heterocycles. The molecule has 0 aromatic heterocycles. The highest BCUT2D eigenvalue weighted by molar-refractivity contribution is 5.34. The standard InChI is InChI=1S/C18H21FO/c1-4-12(2)14-5-7-15(8-6-14)18(20)16-9-10-17(19)13(3)11-16/h5-12,18,20H,4H2,1-3H3. The number of rotatable bonds is 4. The lowest BCUT2D eigenvalue weighted by molar-refractivity contribution is 0.220. The van der Waals surface area contributed by atoms with Gasteiger partial charge in [-0.05, 0) is 47.6 Å². The Morgan fingerprint density at radius 1 is 1.00 bits per heavy atom. The lowest BCUT2D eigenvalue weighted by atomic mass is 9.94. The molecule has 106 valence electrons. The Morgan fingerprint density at radius 2 is 1.55 bits per heavy atom. The highest BCUT2D eigenvalue weighted by atomic mass is 19.1. The molecule has 0 aliphatic carbocycles. The van der Waals surface area contributed by atoms with Crippen LogP contribution in [0.3, 0.4) is 0 Å². The fourth-order valence-corrected chi connectivity index (χ4v) is 2.27. The first-order valence-electron chi connectivity index (χ1n) is 7.07. The average Bonchev–Trinajstić information content (AvgIpc) is 2.48. The molecular formula is C18H21FO. The molecule has 0 spiro atoms. The lowest BCUT2D eigenvalue weighted by Gasteiger charge is -2.14. The summed E-state index contributed by atoms with van der Waals surface area (Å²) < 4.78 is 13.3. The molecule has 0 radical (unpaired) electrons. The Morgan fingerprint density at radius 3 is 2.10 bits per heavy atom. The molecule has 2 unspecified atom stereocenters. The van der Waals surface area contributed by atoms with Crippen LogP contribution in [0, 0.1) is 12.7 Å². The van der Waals surface area contributed by atoms with Crippen molar-refractivity contribution in [3.63, 3.8) is 0 Å². The maximum Gasteiger partial charge on any atom is 0.126 e. The van der Waals surface area contributed by atoms with Crippen molar-refractivity contribution in [1.29, 1.82) is 0 Å². The summed E-state index contributed by atoms with van der Waals surface area (Å²) in [7, 11) is 0. The number of hydrogen-bond acceptors (Lipinski definition) is 1. The summed E-state index contributed by atoms with van der Waals surface area (Å²) in [5, 5.41) is 10.4. The Bertz CT molecular complexity index is 574. The van der Waals surface area contributed by atoms with Gasteiger partial charge in [0, 0.05) is 0 Å². The van der Waals surface area contributed by atoms with Crippen LogP contribution in [0.25, 0.3) is 0 Å². The minimum absolute atomic E-state index is 0.243. The van der Waals surface area contributed by atoms with E-state index < -0.39 is 6.10 Å². The third-order valence-corrected chi connectivity index (χ3v) is 3.93. The number of aliphatic hydroxyl groups excluding tert-OH is 1. The van der Waals surface area contributed by atoms with Crippen LogP contribution in [0.4, 0.5) is 4.39 Å². The van der Waals surface area contributed by atoms with Crippen molar-refractivity contribution in [3.8, 4) is 0 Å². The first-order valence-corrected chi connectivity index (χ1v) is 7.07. The minimum Gasteiger partial charge on any atom is -0.384 e. The molecule has 0 bridgehead atoms. The fraction of sp³-hybridized carbons (Fsp3) is 0.333. The van der Waals surface area contributed by atoms with Crippen LogP contribution in [0.1, 0.15) is 54.5 Å². The molecule has 1 N–H and O–H groups in total. The molecule has 0 amide bonds. The zero-order valence-corrected chi connectivity index (χ0v) is 12.2. The lowest BCUT2D eigenvalue weighted by Crippen LogP contribution is -2.01. The molecule has 2 aromatic carbocycles. The molecule has 2 rings (SSSR count). The monoisotopic (exact) mass is 272 g/mol. The minimum atomic E-state index is -0.708. The summed E-state index contributed by atoms with van der Waals surface area (Å²) in [6, 6.07) is 12.8. The van der Waals surface area contributed by atoms with Crippen molar-refractivity contribution in [2.75, 3.05) is 0 Å². The molecule has 1 nitrogen and oxygen atoms in total. The summed E-state index contributed by atoms with van der Waals surface area (Å²) in [6.45, 7) is 6.06. The van der Waals surface area contributed by atoms with Crippen LogP contribution in [-0.4, -0.2) is 5.11 Å². The average molecular weight is 272 g/mol. The Labute approximate surface area is 120 Å². The molecule has 2 aromatic rings. The van der Waals surface area contributed by atoms with Crippen LogP contribution in [-0.2, 0) is 0 Å². The molecule has 2 atom stereocenters. The van der Waals surface area contributed by atoms with Gasteiger partial charge in [0.05, 0.1) is 0 Å². The largest absolute Gasteiger partial charge is 0.384 e. The summed E-state index contributed by atoms with van der Waals surface area (Å²) in [6.07, 6.45) is 0.388. The second-order valence-corrected chi connectivity index (χ2v) is 5.39. The highest BCUT2D eigenvalue weighted by Crippen LogP contribution is 2.26. The number of halogens is 1. The molecule has 0 aliphatic heterocycles. The summed E-state index contributed by atoms with van der Waals surface area (Å²) in [5.41, 5.74) is 3.39. The van der Waals surface area contributed by atoms with Crippen molar-refractivity contribution in [2.24, 2.45) is 0 Å². The molecule has 0 fully saturated rings. The maximum absolute atomic E-state index is 13.3. The number of benzene rings is 2. The third kappa shape index (κ3) is 3.07. The van der Waals surface area contributed by atoms with Gasteiger partial charge in [0.1, 0.15) is 11.9 Å². The second kappa shape index (κ2) is 6.19. The summed E-state index contributed by atoms with van der Waals surface area (Å²) in [4.78, 5) is 0. The second-order valence-electron chi connectivity index (χ2n) is 5.39. The summed E-state index contributed by atoms with van der Waals surface area (Å²) >= 11 is 0. The van der Waals surface area contributed by atoms with Crippen LogP contribution in [0.5, 0.6) is 0 Å². The molecule has 0 heterocycles. The first-order chi connectivity index (χ1) is 9.52. The first kappa shape index (κ1) is 14.7. The fourth-order valence-electron chi connectivity index (χ4n) is 2.27. The van der Waals surface area contributed by atoms with Crippen molar-refractivity contribution in [2.45, 2.75) is 39.2 Å². The Balaban J connectivity index is 2.24. The van der Waals surface area contributed by atoms with Crippen molar-refractivity contribution in [3.05, 3.63) is 70.5 Å². The number of hydrogen-bond donors (Lipinski definition) is 1. The quantitative estimate of drug-likeness (QED) is 0.853. The van der Waals surface area contributed by atoms with Crippen molar-refractivity contribution < 1.29 is 9.50 Å². The van der Waals surface area contributed by atoms with Gasteiger partial charge in [-0.3, -0.25) is 0 Å². The predicted molar refractivity (Wildman–Crippen MR) is 80.3 cm³/mol. The summed E-state index contributed by atoms with van der Waals surface area (Å²) in [5.74, 6) is 0.280. The third-order valence-electron chi connectivity index (χ3n) is 3.93. The van der Waals surface area contributed by atoms with Crippen molar-refractivity contribution >= 4 is 0 Å². The van der Waals surface area contributed by atoms with Gasteiger partial charge < -0.3 is 5.11 Å². The van der Waals surface area contributed by atoms with Crippen LogP contribution in [0.2, 0.25) is 0 Å². The zero-order chi connectivity index (χ0) is 14.7. The van der Waals surface area contributed by atoms with Crippen molar-refractivity contribution in [1.82, 2.24) is 0 Å². The van der Waals surface area contributed by atoms with Crippen LogP contribution < -0.4 is 0 Å². The van der Waals surface area contributed by atoms with E-state index in [2.05, 4.69) is 26.0 Å². The Kier molecular flexibility index (Phi) is 4.56. The van der Waals surface area contributed by atoms with E-state index in [9.17, 15) is 9.50 Å². The SMILES string of the molecule is CCC(C)c1ccc(C(O)c2ccc(F)c(C)c2)cc1. The van der Waals surface area contributed by atoms with Crippen LogP contribution in [0.15, 0.2) is 42.5 Å². The molecule has 2 heteroatoms. The molecule has 20 heavy (non-hydrogen) atoms. The normalized spacial score (nSPS) is 14.1. The van der Waals surface area contributed by atoms with E-state index in [-0.39, 0.29) is 5.82 Å². The molecule has 0 aliphatic rings. The Hall–Kier alpha value is -1.67. The van der Waals surface area contributed by atoms with E-state index in [0.717, 1.165) is 17.5 Å². The highest BCUT2D eigenvalue weighted by Gasteiger charge is 2.12. The number of aliphatic hydroxyl groups is 1.